The maximum absolute atomic E-state index is 6.17. The Balaban J connectivity index is 2.17. The van der Waals surface area contributed by atoms with Crippen LogP contribution in [0.3, 0.4) is 0 Å². The van der Waals surface area contributed by atoms with Gasteiger partial charge in [-0.15, -0.1) is 0 Å². The number of ether oxygens (including phenoxy) is 1. The Morgan fingerprint density at radius 3 is 2.25 bits per heavy atom. The Morgan fingerprint density at radius 2 is 1.81 bits per heavy atom. The largest absolute Gasteiger partial charge is 0.489 e. The first-order valence-electron chi connectivity index (χ1n) is 5.80. The summed E-state index contributed by atoms with van der Waals surface area (Å²) in [6, 6.07) is 6.30. The van der Waals surface area contributed by atoms with Crippen molar-refractivity contribution in [2.75, 3.05) is 0 Å². The summed E-state index contributed by atoms with van der Waals surface area (Å²) >= 11 is 3.69. The van der Waals surface area contributed by atoms with Crippen LogP contribution in [0.5, 0.6) is 5.75 Å². The third-order valence-corrected chi connectivity index (χ3v) is 5.28. The van der Waals surface area contributed by atoms with Crippen molar-refractivity contribution in [3.63, 3.8) is 0 Å². The maximum atomic E-state index is 6.17. The smallest absolute Gasteiger partial charge is 0.125 e. The van der Waals surface area contributed by atoms with Gasteiger partial charge in [0.25, 0.3) is 0 Å². The number of halogens is 1. The van der Waals surface area contributed by atoms with Gasteiger partial charge in [-0.05, 0) is 31.4 Å². The molecule has 0 N–H and O–H groups in total. The highest BCUT2D eigenvalue weighted by Gasteiger charge is 2.48. The first-order valence-corrected chi connectivity index (χ1v) is 6.71. The zero-order valence-corrected chi connectivity index (χ0v) is 12.0. The molecule has 16 heavy (non-hydrogen) atoms. The zero-order valence-electron chi connectivity index (χ0n) is 10.4. The number of hydrogen-bond donors (Lipinski definition) is 0. The number of para-hydroxylation sites is 1. The van der Waals surface area contributed by atoms with Crippen LogP contribution in [0.4, 0.5) is 0 Å². The second kappa shape index (κ2) is 4.06. The highest BCUT2D eigenvalue weighted by Crippen LogP contribution is 2.47. The van der Waals surface area contributed by atoms with E-state index in [-0.39, 0.29) is 5.41 Å². The lowest BCUT2D eigenvalue weighted by Crippen LogP contribution is -2.53. The van der Waals surface area contributed by atoms with Gasteiger partial charge in [-0.3, -0.25) is 0 Å². The van der Waals surface area contributed by atoms with Crippen LogP contribution in [0.15, 0.2) is 18.2 Å². The van der Waals surface area contributed by atoms with Gasteiger partial charge < -0.3 is 4.74 Å². The molecule has 2 unspecified atom stereocenters. The Hall–Kier alpha value is -0.500. The van der Waals surface area contributed by atoms with Crippen LogP contribution in [0, 0.1) is 19.3 Å². The van der Waals surface area contributed by atoms with Crippen LogP contribution < -0.4 is 4.74 Å². The van der Waals surface area contributed by atoms with Crippen molar-refractivity contribution >= 4 is 15.9 Å². The van der Waals surface area contributed by atoms with Gasteiger partial charge in [-0.25, -0.2) is 0 Å². The van der Waals surface area contributed by atoms with Gasteiger partial charge in [-0.1, -0.05) is 48.0 Å². The van der Waals surface area contributed by atoms with E-state index in [4.69, 9.17) is 4.74 Å². The van der Waals surface area contributed by atoms with E-state index in [1.165, 1.54) is 11.1 Å². The number of rotatable bonds is 2. The van der Waals surface area contributed by atoms with Crippen molar-refractivity contribution in [2.24, 2.45) is 5.41 Å². The molecule has 2 atom stereocenters. The Bertz CT molecular complexity index is 377. The monoisotopic (exact) mass is 282 g/mol. The number of alkyl halides is 1. The van der Waals surface area contributed by atoms with Crippen molar-refractivity contribution in [3.8, 4) is 5.75 Å². The molecule has 0 amide bonds. The van der Waals surface area contributed by atoms with Gasteiger partial charge in [0, 0.05) is 10.2 Å². The fourth-order valence-electron chi connectivity index (χ4n) is 2.16. The van der Waals surface area contributed by atoms with Gasteiger partial charge in [0.2, 0.25) is 0 Å². The molecule has 1 aliphatic carbocycles. The summed E-state index contributed by atoms with van der Waals surface area (Å²) < 4.78 is 6.17. The van der Waals surface area contributed by atoms with Crippen LogP contribution in [-0.2, 0) is 0 Å². The number of hydrogen-bond acceptors (Lipinski definition) is 1. The summed E-state index contributed by atoms with van der Waals surface area (Å²) in [5.74, 6) is 1.07. The quantitative estimate of drug-likeness (QED) is 0.737. The Kier molecular flexibility index (Phi) is 3.04. The summed E-state index contributed by atoms with van der Waals surface area (Å²) in [5.41, 5.74) is 2.69. The molecule has 0 spiro atoms. The maximum Gasteiger partial charge on any atom is 0.125 e. The molecule has 0 heterocycles. The van der Waals surface area contributed by atoms with Crippen LogP contribution in [0.2, 0.25) is 0 Å². The fourth-order valence-corrected chi connectivity index (χ4v) is 2.80. The van der Waals surface area contributed by atoms with E-state index in [9.17, 15) is 0 Å². The zero-order chi connectivity index (χ0) is 11.9. The van der Waals surface area contributed by atoms with Crippen molar-refractivity contribution < 1.29 is 4.74 Å². The standard InChI is InChI=1S/C14H19BrO/c1-9-6-5-7-10(2)13(9)16-12-8-11(15)14(12,3)4/h5-7,11-12H,8H2,1-4H3. The van der Waals surface area contributed by atoms with Crippen LogP contribution in [-0.4, -0.2) is 10.9 Å². The van der Waals surface area contributed by atoms with E-state index in [1.807, 2.05) is 0 Å². The third kappa shape index (κ3) is 1.88. The first-order chi connectivity index (χ1) is 7.43. The van der Waals surface area contributed by atoms with Crippen LogP contribution in [0.25, 0.3) is 0 Å². The van der Waals surface area contributed by atoms with Gasteiger partial charge >= 0.3 is 0 Å². The molecule has 2 rings (SSSR count). The lowest BCUT2D eigenvalue weighted by molar-refractivity contribution is -0.00865. The first kappa shape index (κ1) is 12.0. The van der Waals surface area contributed by atoms with Crippen molar-refractivity contribution in [1.29, 1.82) is 0 Å². The summed E-state index contributed by atoms with van der Waals surface area (Å²) in [7, 11) is 0. The molecule has 1 aromatic rings. The van der Waals surface area contributed by atoms with Crippen molar-refractivity contribution in [1.82, 2.24) is 0 Å². The summed E-state index contributed by atoms with van der Waals surface area (Å²) in [5, 5.41) is 0. The lowest BCUT2D eigenvalue weighted by Gasteiger charge is -2.49. The van der Waals surface area contributed by atoms with Gasteiger partial charge in [-0.2, -0.15) is 0 Å². The molecule has 0 radical (unpaired) electrons. The molecule has 1 saturated carbocycles. The van der Waals surface area contributed by atoms with Crippen molar-refractivity contribution in [2.45, 2.75) is 45.0 Å². The molecular formula is C14H19BrO. The van der Waals surface area contributed by atoms with Gasteiger partial charge in [0.1, 0.15) is 11.9 Å². The van der Waals surface area contributed by atoms with Gasteiger partial charge in [0.05, 0.1) is 0 Å². The summed E-state index contributed by atoms with van der Waals surface area (Å²) in [6.07, 6.45) is 1.43. The van der Waals surface area contributed by atoms with Gasteiger partial charge in [0.15, 0.2) is 0 Å². The van der Waals surface area contributed by atoms with E-state index >= 15 is 0 Å². The molecule has 0 bridgehead atoms. The topological polar surface area (TPSA) is 9.23 Å². The normalized spacial score (nSPS) is 27.3. The molecule has 1 aliphatic rings. The second-order valence-corrected chi connectivity index (χ2v) is 6.46. The predicted octanol–water partition coefficient (Wildman–Crippen LogP) is 4.24. The van der Waals surface area contributed by atoms with E-state index < -0.39 is 0 Å². The molecule has 2 heteroatoms. The van der Waals surface area contributed by atoms with E-state index in [1.54, 1.807) is 0 Å². The SMILES string of the molecule is Cc1cccc(C)c1OC1CC(Br)C1(C)C. The minimum atomic E-state index is 0.231. The average Bonchev–Trinajstić information content (AvgIpc) is 2.22. The van der Waals surface area contributed by atoms with Crippen molar-refractivity contribution in [3.05, 3.63) is 29.3 Å². The highest BCUT2D eigenvalue weighted by molar-refractivity contribution is 9.09. The van der Waals surface area contributed by atoms with Crippen LogP contribution >= 0.6 is 15.9 Å². The minimum absolute atomic E-state index is 0.231. The third-order valence-electron chi connectivity index (χ3n) is 3.73. The molecule has 1 aromatic carbocycles. The number of benzene rings is 1. The Labute approximate surface area is 106 Å². The molecule has 1 nitrogen and oxygen atoms in total. The predicted molar refractivity (Wildman–Crippen MR) is 71.4 cm³/mol. The number of aryl methyl sites for hydroxylation is 2. The van der Waals surface area contributed by atoms with E-state index in [0.717, 1.165) is 12.2 Å². The summed E-state index contributed by atoms with van der Waals surface area (Å²) in [6.45, 7) is 8.74. The molecule has 88 valence electrons. The molecule has 1 fully saturated rings. The molecule has 0 aromatic heterocycles. The second-order valence-electron chi connectivity index (χ2n) is 5.35. The Morgan fingerprint density at radius 1 is 1.25 bits per heavy atom. The van der Waals surface area contributed by atoms with E-state index in [0.29, 0.717) is 10.9 Å². The highest BCUT2D eigenvalue weighted by atomic mass is 79.9. The molecule has 0 saturated heterocycles. The van der Waals surface area contributed by atoms with Crippen LogP contribution in [0.1, 0.15) is 31.4 Å². The van der Waals surface area contributed by atoms with E-state index in [2.05, 4.69) is 61.8 Å². The fraction of sp³-hybridized carbons (Fsp3) is 0.571. The minimum Gasteiger partial charge on any atom is -0.489 e. The molecule has 0 aliphatic heterocycles. The summed E-state index contributed by atoms with van der Waals surface area (Å²) in [4.78, 5) is 0.578. The lowest BCUT2D eigenvalue weighted by atomic mass is 9.69. The molecular weight excluding hydrogens is 264 g/mol. The average molecular weight is 283 g/mol.